The van der Waals surface area contributed by atoms with Crippen LogP contribution in [0.1, 0.15) is 37.0 Å². The fraction of sp³-hybridized carbons (Fsp3) is 0.462. The Labute approximate surface area is 116 Å². The number of rotatable bonds is 7. The van der Waals surface area contributed by atoms with Crippen molar-refractivity contribution in [2.75, 3.05) is 11.9 Å². The van der Waals surface area contributed by atoms with Gasteiger partial charge in [-0.15, -0.1) is 0 Å². The van der Waals surface area contributed by atoms with Gasteiger partial charge in [-0.3, -0.25) is 14.9 Å². The lowest BCUT2D eigenvalue weighted by atomic mass is 9.93. The van der Waals surface area contributed by atoms with Crippen molar-refractivity contribution in [2.45, 2.75) is 32.2 Å². The molecule has 0 aliphatic rings. The molecule has 20 heavy (non-hydrogen) atoms. The molecular weight excluding hydrogens is 262 g/mol. The Morgan fingerprint density at radius 3 is 2.45 bits per heavy atom. The molecular formula is C13H19N3O4. The number of amides is 1. The SMILES string of the molecule is CCC(CC)(CO)Nc1cc(C(N)=O)ccc1[N+](=O)[O-]. The van der Waals surface area contributed by atoms with E-state index in [2.05, 4.69) is 5.32 Å². The molecule has 7 heteroatoms. The predicted molar refractivity (Wildman–Crippen MR) is 75.6 cm³/mol. The second-order valence-electron chi connectivity index (χ2n) is 4.62. The van der Waals surface area contributed by atoms with Gasteiger partial charge in [-0.25, -0.2) is 0 Å². The average molecular weight is 281 g/mol. The monoisotopic (exact) mass is 281 g/mol. The van der Waals surface area contributed by atoms with Crippen molar-refractivity contribution < 1.29 is 14.8 Å². The molecule has 0 saturated carbocycles. The highest BCUT2D eigenvalue weighted by Crippen LogP contribution is 2.30. The number of nitro benzene ring substituents is 1. The fourth-order valence-corrected chi connectivity index (χ4v) is 1.92. The van der Waals surface area contributed by atoms with Gasteiger partial charge < -0.3 is 16.2 Å². The van der Waals surface area contributed by atoms with Gasteiger partial charge in [0.1, 0.15) is 5.69 Å². The lowest BCUT2D eigenvalue weighted by molar-refractivity contribution is -0.384. The van der Waals surface area contributed by atoms with Crippen LogP contribution in [0.3, 0.4) is 0 Å². The largest absolute Gasteiger partial charge is 0.394 e. The molecule has 0 heterocycles. The number of aliphatic hydroxyl groups excluding tert-OH is 1. The molecule has 0 fully saturated rings. The van der Waals surface area contributed by atoms with Crippen molar-refractivity contribution in [2.24, 2.45) is 5.73 Å². The Morgan fingerprint density at radius 2 is 2.05 bits per heavy atom. The van der Waals surface area contributed by atoms with Crippen LogP contribution in [-0.2, 0) is 0 Å². The summed E-state index contributed by atoms with van der Waals surface area (Å²) in [5.41, 5.74) is 4.72. The number of primary amides is 1. The Bertz CT molecular complexity index is 504. The Morgan fingerprint density at radius 1 is 1.45 bits per heavy atom. The van der Waals surface area contributed by atoms with E-state index >= 15 is 0 Å². The van der Waals surface area contributed by atoms with Crippen LogP contribution in [0.5, 0.6) is 0 Å². The first-order valence-corrected chi connectivity index (χ1v) is 6.36. The average Bonchev–Trinajstić information content (AvgIpc) is 2.44. The number of nitrogens with zero attached hydrogens (tertiary/aromatic N) is 1. The third-order valence-corrected chi connectivity index (χ3v) is 3.53. The molecule has 1 aromatic rings. The Kier molecular flexibility index (Phi) is 5.04. The summed E-state index contributed by atoms with van der Waals surface area (Å²) in [6, 6.07) is 3.89. The molecule has 0 aromatic heterocycles. The molecule has 0 aliphatic heterocycles. The summed E-state index contributed by atoms with van der Waals surface area (Å²) in [6.45, 7) is 3.57. The maximum atomic E-state index is 11.2. The third-order valence-electron chi connectivity index (χ3n) is 3.53. The van der Waals surface area contributed by atoms with Crippen LogP contribution in [0.2, 0.25) is 0 Å². The maximum Gasteiger partial charge on any atom is 0.292 e. The summed E-state index contributed by atoms with van der Waals surface area (Å²) >= 11 is 0. The van der Waals surface area contributed by atoms with Gasteiger partial charge in [-0.05, 0) is 25.0 Å². The smallest absolute Gasteiger partial charge is 0.292 e. The van der Waals surface area contributed by atoms with Crippen LogP contribution >= 0.6 is 0 Å². The van der Waals surface area contributed by atoms with E-state index in [-0.39, 0.29) is 23.5 Å². The number of anilines is 1. The third kappa shape index (κ3) is 3.24. The molecule has 7 nitrogen and oxygen atoms in total. The highest BCUT2D eigenvalue weighted by molar-refractivity contribution is 5.94. The number of hydrogen-bond donors (Lipinski definition) is 3. The molecule has 0 radical (unpaired) electrons. The van der Waals surface area contributed by atoms with E-state index in [1.165, 1.54) is 18.2 Å². The van der Waals surface area contributed by atoms with Gasteiger partial charge in [-0.1, -0.05) is 13.8 Å². The van der Waals surface area contributed by atoms with Crippen molar-refractivity contribution in [3.8, 4) is 0 Å². The Hall–Kier alpha value is -2.15. The molecule has 1 amide bonds. The normalized spacial score (nSPS) is 11.2. The van der Waals surface area contributed by atoms with E-state index < -0.39 is 16.4 Å². The lowest BCUT2D eigenvalue weighted by Crippen LogP contribution is -2.41. The quantitative estimate of drug-likeness (QED) is 0.518. The summed E-state index contributed by atoms with van der Waals surface area (Å²) in [6.07, 6.45) is 1.16. The highest BCUT2D eigenvalue weighted by atomic mass is 16.6. The number of nitrogens with one attached hydrogen (secondary N) is 1. The number of carbonyl (C=O) groups excluding carboxylic acids is 1. The van der Waals surface area contributed by atoms with Crippen molar-refractivity contribution in [3.05, 3.63) is 33.9 Å². The number of aliphatic hydroxyl groups is 1. The highest BCUT2D eigenvalue weighted by Gasteiger charge is 2.28. The van der Waals surface area contributed by atoms with Crippen molar-refractivity contribution >= 4 is 17.3 Å². The van der Waals surface area contributed by atoms with Crippen LogP contribution in [0.25, 0.3) is 0 Å². The van der Waals surface area contributed by atoms with Crippen molar-refractivity contribution in [1.29, 1.82) is 0 Å². The topological polar surface area (TPSA) is 118 Å². The van der Waals surface area contributed by atoms with Crippen LogP contribution < -0.4 is 11.1 Å². The first kappa shape index (κ1) is 15.9. The minimum atomic E-state index is -0.666. The minimum Gasteiger partial charge on any atom is -0.394 e. The van der Waals surface area contributed by atoms with Gasteiger partial charge in [0.05, 0.1) is 17.1 Å². The zero-order valence-corrected chi connectivity index (χ0v) is 11.5. The van der Waals surface area contributed by atoms with Gasteiger partial charge in [0, 0.05) is 11.6 Å². The molecule has 4 N–H and O–H groups in total. The van der Waals surface area contributed by atoms with Gasteiger partial charge in [0.25, 0.3) is 5.69 Å². The first-order valence-electron chi connectivity index (χ1n) is 6.36. The molecule has 0 aliphatic carbocycles. The van der Waals surface area contributed by atoms with Gasteiger partial charge in [-0.2, -0.15) is 0 Å². The second kappa shape index (κ2) is 6.33. The minimum absolute atomic E-state index is 0.158. The number of nitro groups is 1. The second-order valence-corrected chi connectivity index (χ2v) is 4.62. The summed E-state index contributed by atoms with van der Waals surface area (Å²) in [5, 5.41) is 23.5. The molecule has 0 atom stereocenters. The summed E-state index contributed by atoms with van der Waals surface area (Å²) in [7, 11) is 0. The van der Waals surface area contributed by atoms with E-state index in [0.29, 0.717) is 12.8 Å². The fourth-order valence-electron chi connectivity index (χ4n) is 1.92. The maximum absolute atomic E-state index is 11.2. The van der Waals surface area contributed by atoms with Crippen LogP contribution in [0.15, 0.2) is 18.2 Å². The van der Waals surface area contributed by atoms with Crippen LogP contribution in [0, 0.1) is 10.1 Å². The van der Waals surface area contributed by atoms with Gasteiger partial charge in [0.2, 0.25) is 5.91 Å². The van der Waals surface area contributed by atoms with Crippen molar-refractivity contribution in [1.82, 2.24) is 0 Å². The standard InChI is InChI=1S/C13H19N3O4/c1-3-13(4-2,8-17)15-10-7-9(12(14)18)5-6-11(10)16(19)20/h5-7,15,17H,3-4,8H2,1-2H3,(H2,14,18). The van der Waals surface area contributed by atoms with E-state index in [9.17, 15) is 20.0 Å². The van der Waals surface area contributed by atoms with Gasteiger partial charge >= 0.3 is 0 Å². The molecule has 1 rings (SSSR count). The first-order chi connectivity index (χ1) is 9.39. The van der Waals surface area contributed by atoms with Crippen molar-refractivity contribution in [3.63, 3.8) is 0 Å². The van der Waals surface area contributed by atoms with E-state index in [4.69, 9.17) is 5.73 Å². The van der Waals surface area contributed by atoms with Crippen LogP contribution in [-0.4, -0.2) is 28.1 Å². The molecule has 110 valence electrons. The lowest BCUT2D eigenvalue weighted by Gasteiger charge is -2.31. The molecule has 0 saturated heterocycles. The summed E-state index contributed by atoms with van der Waals surface area (Å²) in [4.78, 5) is 21.7. The number of hydrogen-bond acceptors (Lipinski definition) is 5. The predicted octanol–water partition coefficient (Wildman–Crippen LogP) is 1.66. The number of carbonyl (C=O) groups is 1. The zero-order valence-electron chi connectivity index (χ0n) is 11.5. The number of benzene rings is 1. The van der Waals surface area contributed by atoms with E-state index in [1.807, 2.05) is 13.8 Å². The molecule has 1 aromatic carbocycles. The van der Waals surface area contributed by atoms with Gasteiger partial charge in [0.15, 0.2) is 0 Å². The molecule has 0 unspecified atom stereocenters. The summed E-state index contributed by atoms with van der Waals surface area (Å²) in [5.74, 6) is -0.662. The number of nitrogens with two attached hydrogens (primary N) is 1. The Balaban J connectivity index is 3.29. The zero-order chi connectivity index (χ0) is 15.3. The van der Waals surface area contributed by atoms with E-state index in [1.54, 1.807) is 0 Å². The summed E-state index contributed by atoms with van der Waals surface area (Å²) < 4.78 is 0. The van der Waals surface area contributed by atoms with E-state index in [0.717, 1.165) is 0 Å². The molecule has 0 bridgehead atoms. The van der Waals surface area contributed by atoms with Crippen LogP contribution in [0.4, 0.5) is 11.4 Å². The molecule has 0 spiro atoms.